The summed E-state index contributed by atoms with van der Waals surface area (Å²) in [6.45, 7) is 1.41. The third-order valence-corrected chi connectivity index (χ3v) is 3.61. The van der Waals surface area contributed by atoms with Crippen molar-refractivity contribution in [2.45, 2.75) is 31.8 Å². The minimum absolute atomic E-state index is 0.0533. The Morgan fingerprint density at radius 1 is 1.53 bits per heavy atom. The Morgan fingerprint density at radius 3 is 3.00 bits per heavy atom. The van der Waals surface area contributed by atoms with Gasteiger partial charge in [0.05, 0.1) is 18.2 Å². The van der Waals surface area contributed by atoms with Crippen LogP contribution in [0.2, 0.25) is 5.02 Å². The first-order chi connectivity index (χ1) is 9.20. The summed E-state index contributed by atoms with van der Waals surface area (Å²) in [5.74, 6) is 0.706. The molecule has 1 saturated heterocycles. The Morgan fingerprint density at radius 2 is 2.37 bits per heavy atom. The largest absolute Gasteiger partial charge is 0.495 e. The zero-order chi connectivity index (χ0) is 13.7. The molecule has 1 amide bonds. The maximum atomic E-state index is 11.9. The number of ether oxygens (including phenoxy) is 1. The Bertz CT molecular complexity index is 445. The summed E-state index contributed by atoms with van der Waals surface area (Å²) >= 11 is 6.04. The Balaban J connectivity index is 1.87. The molecule has 19 heavy (non-hydrogen) atoms. The number of carbonyl (C=O) groups excluding carboxylic acids is 1. The first-order valence-electron chi connectivity index (χ1n) is 6.54. The lowest BCUT2D eigenvalue weighted by Crippen LogP contribution is -2.46. The van der Waals surface area contributed by atoms with E-state index in [9.17, 15) is 4.79 Å². The van der Waals surface area contributed by atoms with Gasteiger partial charge in [0.2, 0.25) is 5.91 Å². The van der Waals surface area contributed by atoms with Crippen LogP contribution in [0.25, 0.3) is 0 Å². The number of amides is 1. The maximum Gasteiger partial charge on any atom is 0.237 e. The third kappa shape index (κ3) is 3.85. The highest BCUT2D eigenvalue weighted by Crippen LogP contribution is 2.24. The van der Waals surface area contributed by atoms with Crippen molar-refractivity contribution >= 4 is 17.5 Å². The molecule has 4 nitrogen and oxygen atoms in total. The van der Waals surface area contributed by atoms with Crippen LogP contribution in [0.1, 0.15) is 24.8 Å². The van der Waals surface area contributed by atoms with E-state index < -0.39 is 0 Å². The Hall–Kier alpha value is -1.26. The highest BCUT2D eigenvalue weighted by atomic mass is 35.5. The van der Waals surface area contributed by atoms with Crippen LogP contribution in [0, 0.1) is 0 Å². The van der Waals surface area contributed by atoms with E-state index in [4.69, 9.17) is 16.3 Å². The van der Waals surface area contributed by atoms with E-state index in [1.807, 2.05) is 18.2 Å². The lowest BCUT2D eigenvalue weighted by Gasteiger charge is -2.22. The fraction of sp³-hybridized carbons (Fsp3) is 0.500. The van der Waals surface area contributed by atoms with Gasteiger partial charge in [-0.2, -0.15) is 0 Å². The lowest BCUT2D eigenvalue weighted by molar-refractivity contribution is -0.123. The van der Waals surface area contributed by atoms with Crippen molar-refractivity contribution in [3.05, 3.63) is 28.8 Å². The van der Waals surface area contributed by atoms with Gasteiger partial charge in [-0.25, -0.2) is 0 Å². The molecule has 1 heterocycles. The highest BCUT2D eigenvalue weighted by molar-refractivity contribution is 6.32. The van der Waals surface area contributed by atoms with Crippen molar-refractivity contribution in [3.8, 4) is 5.75 Å². The van der Waals surface area contributed by atoms with Gasteiger partial charge in [0.1, 0.15) is 5.75 Å². The predicted molar refractivity (Wildman–Crippen MR) is 75.5 cm³/mol. The number of hydrogen-bond donors (Lipinski definition) is 2. The second kappa shape index (κ2) is 6.78. The molecule has 1 aromatic carbocycles. The first kappa shape index (κ1) is 14.2. The van der Waals surface area contributed by atoms with E-state index in [2.05, 4.69) is 10.6 Å². The fourth-order valence-electron chi connectivity index (χ4n) is 2.21. The standard InChI is InChI=1S/C14H19ClN2O2/c1-19-13-6-5-10(8-11(13)15)9-17-14(18)12-4-2-3-7-16-12/h5-6,8,12,16H,2-4,7,9H2,1H3,(H,17,18). The van der Waals surface area contributed by atoms with Crippen LogP contribution in [0.5, 0.6) is 5.75 Å². The van der Waals surface area contributed by atoms with Crippen molar-refractivity contribution in [2.75, 3.05) is 13.7 Å². The highest BCUT2D eigenvalue weighted by Gasteiger charge is 2.19. The molecule has 0 radical (unpaired) electrons. The number of piperidine rings is 1. The molecule has 0 aliphatic carbocycles. The van der Waals surface area contributed by atoms with Crippen LogP contribution < -0.4 is 15.4 Å². The molecule has 2 rings (SSSR count). The molecule has 1 fully saturated rings. The van der Waals surface area contributed by atoms with Gasteiger partial charge >= 0.3 is 0 Å². The van der Waals surface area contributed by atoms with Gasteiger partial charge in [0.15, 0.2) is 0 Å². The molecule has 1 atom stereocenters. The van der Waals surface area contributed by atoms with Gasteiger partial charge in [-0.3, -0.25) is 4.79 Å². The van der Waals surface area contributed by atoms with Gasteiger partial charge in [0, 0.05) is 6.54 Å². The van der Waals surface area contributed by atoms with Gasteiger partial charge < -0.3 is 15.4 Å². The first-order valence-corrected chi connectivity index (χ1v) is 6.92. The van der Waals surface area contributed by atoms with Gasteiger partial charge in [-0.15, -0.1) is 0 Å². The van der Waals surface area contributed by atoms with Crippen LogP contribution in [0.3, 0.4) is 0 Å². The molecule has 5 heteroatoms. The van der Waals surface area contributed by atoms with E-state index in [1.165, 1.54) is 0 Å². The molecule has 0 saturated carbocycles. The molecular formula is C14H19ClN2O2. The fourth-order valence-corrected chi connectivity index (χ4v) is 2.49. The summed E-state index contributed by atoms with van der Waals surface area (Å²) in [5, 5.41) is 6.72. The number of methoxy groups -OCH3 is 1. The zero-order valence-electron chi connectivity index (χ0n) is 11.0. The van der Waals surface area contributed by atoms with Crippen molar-refractivity contribution in [2.24, 2.45) is 0 Å². The van der Waals surface area contributed by atoms with Crippen LogP contribution >= 0.6 is 11.6 Å². The minimum atomic E-state index is -0.0533. The van der Waals surface area contributed by atoms with Gasteiger partial charge in [-0.1, -0.05) is 24.1 Å². The number of benzene rings is 1. The maximum absolute atomic E-state index is 11.9. The Labute approximate surface area is 118 Å². The number of rotatable bonds is 4. The summed E-state index contributed by atoms with van der Waals surface area (Å²) in [6, 6.07) is 5.47. The van der Waals surface area contributed by atoms with Crippen LogP contribution in [0.4, 0.5) is 0 Å². The SMILES string of the molecule is COc1ccc(CNC(=O)C2CCCCN2)cc1Cl. The van der Waals surface area contributed by atoms with E-state index in [1.54, 1.807) is 7.11 Å². The second-order valence-electron chi connectivity index (χ2n) is 4.69. The average molecular weight is 283 g/mol. The van der Waals surface area contributed by atoms with Crippen molar-refractivity contribution < 1.29 is 9.53 Å². The van der Waals surface area contributed by atoms with Crippen molar-refractivity contribution in [1.82, 2.24) is 10.6 Å². The zero-order valence-corrected chi connectivity index (χ0v) is 11.8. The summed E-state index contributed by atoms with van der Waals surface area (Å²) < 4.78 is 5.09. The summed E-state index contributed by atoms with van der Waals surface area (Å²) in [7, 11) is 1.58. The molecule has 1 aliphatic heterocycles. The molecule has 0 bridgehead atoms. The van der Waals surface area contributed by atoms with Crippen molar-refractivity contribution in [3.63, 3.8) is 0 Å². The number of nitrogens with one attached hydrogen (secondary N) is 2. The summed E-state index contributed by atoms with van der Waals surface area (Å²) in [5.41, 5.74) is 0.968. The second-order valence-corrected chi connectivity index (χ2v) is 5.10. The molecule has 1 aromatic rings. The van der Waals surface area contributed by atoms with Gasteiger partial charge in [-0.05, 0) is 37.1 Å². The molecular weight excluding hydrogens is 264 g/mol. The third-order valence-electron chi connectivity index (χ3n) is 3.31. The van der Waals surface area contributed by atoms with Gasteiger partial charge in [0.25, 0.3) is 0 Å². The van der Waals surface area contributed by atoms with Crippen LogP contribution in [-0.2, 0) is 11.3 Å². The summed E-state index contributed by atoms with van der Waals surface area (Å²) in [6.07, 6.45) is 3.17. The number of hydrogen-bond acceptors (Lipinski definition) is 3. The molecule has 2 N–H and O–H groups in total. The number of carbonyl (C=O) groups is 1. The van der Waals surface area contributed by atoms with E-state index >= 15 is 0 Å². The quantitative estimate of drug-likeness (QED) is 0.889. The monoisotopic (exact) mass is 282 g/mol. The smallest absolute Gasteiger partial charge is 0.237 e. The Kier molecular flexibility index (Phi) is 5.05. The molecule has 1 unspecified atom stereocenters. The van der Waals surface area contributed by atoms with Crippen molar-refractivity contribution in [1.29, 1.82) is 0 Å². The predicted octanol–water partition coefficient (Wildman–Crippen LogP) is 2.11. The van der Waals surface area contributed by atoms with E-state index in [-0.39, 0.29) is 11.9 Å². The number of halogens is 1. The van der Waals surface area contributed by atoms with E-state index in [0.717, 1.165) is 31.4 Å². The van der Waals surface area contributed by atoms with E-state index in [0.29, 0.717) is 17.3 Å². The normalized spacial score (nSPS) is 18.9. The van der Waals surface area contributed by atoms with Crippen LogP contribution in [0.15, 0.2) is 18.2 Å². The van der Waals surface area contributed by atoms with Crippen LogP contribution in [-0.4, -0.2) is 25.6 Å². The lowest BCUT2D eigenvalue weighted by atomic mass is 10.0. The average Bonchev–Trinajstić information content (AvgIpc) is 2.46. The molecule has 1 aliphatic rings. The molecule has 104 valence electrons. The topological polar surface area (TPSA) is 50.4 Å². The molecule has 0 spiro atoms. The molecule has 0 aromatic heterocycles. The minimum Gasteiger partial charge on any atom is -0.495 e. The summed E-state index contributed by atoms with van der Waals surface area (Å²) in [4.78, 5) is 11.9.